The number of aliphatic hydroxyl groups excluding tert-OH is 1. The third-order valence-corrected chi connectivity index (χ3v) is 3.10. The molecule has 2 aromatic heterocycles. The van der Waals surface area contributed by atoms with Crippen LogP contribution in [0, 0.1) is 0 Å². The van der Waals surface area contributed by atoms with Gasteiger partial charge in [0.1, 0.15) is 11.8 Å². The summed E-state index contributed by atoms with van der Waals surface area (Å²) in [6.07, 6.45) is 5.98. The predicted molar refractivity (Wildman–Crippen MR) is 69.2 cm³/mol. The van der Waals surface area contributed by atoms with Gasteiger partial charge in [0.05, 0.1) is 19.0 Å². The van der Waals surface area contributed by atoms with Crippen molar-refractivity contribution in [3.05, 3.63) is 12.7 Å². The number of thioether (sulfide) groups is 1. The summed E-state index contributed by atoms with van der Waals surface area (Å²) in [5.41, 5.74) is 1.40. The van der Waals surface area contributed by atoms with Crippen LogP contribution in [-0.4, -0.2) is 49.7 Å². The SMILES string of the molecule is CSCC[C@@H](CO)Nc1ncnc2nc[nH]c12. The Balaban J connectivity index is 2.13. The minimum absolute atomic E-state index is 0.00356. The first-order chi connectivity index (χ1) is 8.35. The standard InChI is InChI=1S/C10H15N5OS/c1-17-3-2-7(4-16)15-10-8-9(12-5-11-8)13-6-14-10/h5-7,16H,2-4H2,1H3,(H2,11,12,13,14,15)/t7-/m0/s1. The molecule has 7 heteroatoms. The number of H-pyrrole nitrogens is 1. The van der Waals surface area contributed by atoms with Crippen molar-refractivity contribution in [1.29, 1.82) is 0 Å². The highest BCUT2D eigenvalue weighted by Crippen LogP contribution is 2.16. The molecule has 0 bridgehead atoms. The molecule has 2 aromatic rings. The molecule has 6 nitrogen and oxygen atoms in total. The monoisotopic (exact) mass is 253 g/mol. The van der Waals surface area contributed by atoms with Gasteiger partial charge in [-0.15, -0.1) is 0 Å². The molecular weight excluding hydrogens is 238 g/mol. The molecule has 1 atom stereocenters. The Morgan fingerprint density at radius 2 is 2.35 bits per heavy atom. The molecule has 3 N–H and O–H groups in total. The minimum Gasteiger partial charge on any atom is -0.394 e. The Hall–Kier alpha value is -1.34. The zero-order valence-electron chi connectivity index (χ0n) is 9.55. The van der Waals surface area contributed by atoms with Crippen molar-refractivity contribution in [2.24, 2.45) is 0 Å². The molecule has 0 saturated carbocycles. The van der Waals surface area contributed by atoms with E-state index in [9.17, 15) is 5.11 Å². The lowest BCUT2D eigenvalue weighted by atomic mass is 10.2. The highest BCUT2D eigenvalue weighted by atomic mass is 32.2. The maximum atomic E-state index is 9.30. The van der Waals surface area contributed by atoms with Crippen molar-refractivity contribution in [2.45, 2.75) is 12.5 Å². The fraction of sp³-hybridized carbons (Fsp3) is 0.500. The fourth-order valence-electron chi connectivity index (χ4n) is 1.54. The lowest BCUT2D eigenvalue weighted by Gasteiger charge is -2.16. The van der Waals surface area contributed by atoms with Gasteiger partial charge in [-0.3, -0.25) is 0 Å². The quantitative estimate of drug-likeness (QED) is 0.708. The molecule has 17 heavy (non-hydrogen) atoms. The Bertz CT molecular complexity index is 474. The minimum atomic E-state index is 0.00356. The second-order valence-electron chi connectivity index (χ2n) is 3.63. The van der Waals surface area contributed by atoms with E-state index in [2.05, 4.69) is 25.3 Å². The lowest BCUT2D eigenvalue weighted by molar-refractivity contribution is 0.272. The van der Waals surface area contributed by atoms with Crippen LogP contribution in [0.4, 0.5) is 5.82 Å². The summed E-state index contributed by atoms with van der Waals surface area (Å²) in [5, 5.41) is 12.5. The highest BCUT2D eigenvalue weighted by molar-refractivity contribution is 7.98. The van der Waals surface area contributed by atoms with Gasteiger partial charge < -0.3 is 15.4 Å². The average molecular weight is 253 g/mol. The number of nitrogens with one attached hydrogen (secondary N) is 2. The van der Waals surface area contributed by atoms with Crippen molar-refractivity contribution in [2.75, 3.05) is 23.9 Å². The molecule has 0 aromatic carbocycles. The van der Waals surface area contributed by atoms with Gasteiger partial charge in [-0.05, 0) is 18.4 Å². The number of aromatic amines is 1. The summed E-state index contributed by atoms with van der Waals surface area (Å²) >= 11 is 1.76. The number of fused-ring (bicyclic) bond motifs is 1. The van der Waals surface area contributed by atoms with E-state index in [1.807, 2.05) is 6.26 Å². The van der Waals surface area contributed by atoms with E-state index < -0.39 is 0 Å². The van der Waals surface area contributed by atoms with Gasteiger partial charge in [0.25, 0.3) is 0 Å². The van der Waals surface area contributed by atoms with Crippen LogP contribution in [0.2, 0.25) is 0 Å². The summed E-state index contributed by atoms with van der Waals surface area (Å²) in [6, 6.07) is 0.00356. The first-order valence-corrected chi connectivity index (χ1v) is 6.75. The largest absolute Gasteiger partial charge is 0.394 e. The number of hydrogen-bond acceptors (Lipinski definition) is 6. The van der Waals surface area contributed by atoms with Crippen molar-refractivity contribution < 1.29 is 5.11 Å². The molecule has 0 unspecified atom stereocenters. The molecule has 0 aliphatic heterocycles. The first kappa shape index (κ1) is 12.1. The van der Waals surface area contributed by atoms with E-state index in [-0.39, 0.29) is 12.6 Å². The van der Waals surface area contributed by atoms with Crippen LogP contribution in [0.25, 0.3) is 11.2 Å². The number of hydrogen-bond donors (Lipinski definition) is 3. The summed E-state index contributed by atoms with van der Waals surface area (Å²) in [6.45, 7) is 0.0835. The molecule has 0 aliphatic carbocycles. The zero-order chi connectivity index (χ0) is 12.1. The topological polar surface area (TPSA) is 86.7 Å². The molecular formula is C10H15N5OS. The summed E-state index contributed by atoms with van der Waals surface area (Å²) in [7, 11) is 0. The molecule has 0 fully saturated rings. The predicted octanol–water partition coefficient (Wildman–Crippen LogP) is 0.879. The smallest absolute Gasteiger partial charge is 0.182 e. The van der Waals surface area contributed by atoms with Crippen LogP contribution in [-0.2, 0) is 0 Å². The summed E-state index contributed by atoms with van der Waals surface area (Å²) < 4.78 is 0. The van der Waals surface area contributed by atoms with Gasteiger partial charge in [0, 0.05) is 0 Å². The van der Waals surface area contributed by atoms with Crippen molar-refractivity contribution >= 4 is 28.7 Å². The Morgan fingerprint density at radius 1 is 1.47 bits per heavy atom. The van der Waals surface area contributed by atoms with Gasteiger partial charge in [-0.25, -0.2) is 15.0 Å². The van der Waals surface area contributed by atoms with Crippen LogP contribution in [0.3, 0.4) is 0 Å². The van der Waals surface area contributed by atoms with E-state index in [0.717, 1.165) is 17.7 Å². The summed E-state index contributed by atoms with van der Waals surface area (Å²) in [4.78, 5) is 15.3. The van der Waals surface area contributed by atoms with E-state index >= 15 is 0 Å². The summed E-state index contributed by atoms with van der Waals surface area (Å²) in [5.74, 6) is 1.68. The zero-order valence-corrected chi connectivity index (χ0v) is 10.4. The van der Waals surface area contributed by atoms with Crippen LogP contribution in [0.15, 0.2) is 12.7 Å². The second kappa shape index (κ2) is 5.83. The van der Waals surface area contributed by atoms with E-state index in [1.54, 1.807) is 18.1 Å². The number of aromatic nitrogens is 4. The molecule has 0 aliphatic rings. The molecule has 92 valence electrons. The van der Waals surface area contributed by atoms with Crippen LogP contribution < -0.4 is 5.32 Å². The Morgan fingerprint density at radius 3 is 3.12 bits per heavy atom. The van der Waals surface area contributed by atoms with Gasteiger partial charge in [0.15, 0.2) is 11.5 Å². The number of imidazole rings is 1. The first-order valence-electron chi connectivity index (χ1n) is 5.35. The van der Waals surface area contributed by atoms with Crippen molar-refractivity contribution in [3.63, 3.8) is 0 Å². The maximum Gasteiger partial charge on any atom is 0.182 e. The fourth-order valence-corrected chi connectivity index (χ4v) is 2.06. The molecule has 2 rings (SSSR count). The lowest BCUT2D eigenvalue weighted by Crippen LogP contribution is -2.25. The number of nitrogens with zero attached hydrogens (tertiary/aromatic N) is 3. The van der Waals surface area contributed by atoms with Gasteiger partial charge in [-0.2, -0.15) is 11.8 Å². The third kappa shape index (κ3) is 2.86. The third-order valence-electron chi connectivity index (χ3n) is 2.45. The normalized spacial score (nSPS) is 12.8. The molecule has 0 amide bonds. The van der Waals surface area contributed by atoms with Gasteiger partial charge in [-0.1, -0.05) is 0 Å². The van der Waals surface area contributed by atoms with Gasteiger partial charge >= 0.3 is 0 Å². The van der Waals surface area contributed by atoms with E-state index in [1.165, 1.54) is 6.33 Å². The molecule has 2 heterocycles. The van der Waals surface area contributed by atoms with Crippen LogP contribution in [0.5, 0.6) is 0 Å². The number of aliphatic hydroxyl groups is 1. The van der Waals surface area contributed by atoms with E-state index in [4.69, 9.17) is 0 Å². The highest BCUT2D eigenvalue weighted by Gasteiger charge is 2.11. The Labute approximate surface area is 103 Å². The second-order valence-corrected chi connectivity index (χ2v) is 4.61. The van der Waals surface area contributed by atoms with Crippen molar-refractivity contribution in [1.82, 2.24) is 19.9 Å². The molecule has 0 saturated heterocycles. The molecule has 0 radical (unpaired) electrons. The van der Waals surface area contributed by atoms with E-state index in [0.29, 0.717) is 11.5 Å². The van der Waals surface area contributed by atoms with Crippen LogP contribution >= 0.6 is 11.8 Å². The number of rotatable bonds is 6. The number of anilines is 1. The maximum absolute atomic E-state index is 9.30. The Kier molecular flexibility index (Phi) is 4.16. The van der Waals surface area contributed by atoms with Gasteiger partial charge in [0.2, 0.25) is 0 Å². The van der Waals surface area contributed by atoms with Crippen LogP contribution in [0.1, 0.15) is 6.42 Å². The average Bonchev–Trinajstić information content (AvgIpc) is 2.83. The van der Waals surface area contributed by atoms with Crippen molar-refractivity contribution in [3.8, 4) is 0 Å². The molecule has 0 spiro atoms.